The Morgan fingerprint density at radius 2 is 1.65 bits per heavy atom. The highest BCUT2D eigenvalue weighted by Crippen LogP contribution is 2.36. The van der Waals surface area contributed by atoms with Crippen LogP contribution < -0.4 is 0 Å². The fourth-order valence-electron chi connectivity index (χ4n) is 4.89. The second kappa shape index (κ2) is 8.43. The average molecular weight is 378 g/mol. The minimum atomic E-state index is -3.28. The van der Waals surface area contributed by atoms with Crippen LogP contribution >= 0.6 is 0 Å². The van der Waals surface area contributed by atoms with Crippen molar-refractivity contribution in [2.24, 2.45) is 11.8 Å². The molecule has 4 heteroatoms. The molecule has 1 unspecified atom stereocenters. The first-order valence-corrected chi connectivity index (χ1v) is 11.9. The zero-order chi connectivity index (χ0) is 18.6. The summed E-state index contributed by atoms with van der Waals surface area (Å²) < 4.78 is 25.2. The van der Waals surface area contributed by atoms with Gasteiger partial charge in [0.15, 0.2) is 9.84 Å². The van der Waals surface area contributed by atoms with Crippen LogP contribution in [-0.2, 0) is 9.84 Å². The van der Waals surface area contributed by atoms with Crippen LogP contribution in [0.25, 0.3) is 0 Å². The topological polar surface area (TPSA) is 37.4 Å². The molecular formula is C22H35NO2S. The summed E-state index contributed by atoms with van der Waals surface area (Å²) >= 11 is 0. The number of hydrogen-bond acceptors (Lipinski definition) is 3. The van der Waals surface area contributed by atoms with E-state index in [1.165, 1.54) is 51.6 Å². The zero-order valence-electron chi connectivity index (χ0n) is 16.5. The molecule has 1 aromatic rings. The molecule has 1 aliphatic carbocycles. The normalized spacial score (nSPS) is 23.4. The first-order valence-electron chi connectivity index (χ1n) is 10.4. The SMILES string of the molecule is CC(C)(CCCN1CCCC(C2CCCC2)C1)S(=O)(=O)c1ccccc1. The molecule has 1 aromatic carbocycles. The molecule has 2 fully saturated rings. The number of piperidine rings is 1. The van der Waals surface area contributed by atoms with Gasteiger partial charge < -0.3 is 4.90 Å². The number of hydrogen-bond donors (Lipinski definition) is 0. The van der Waals surface area contributed by atoms with Gasteiger partial charge in [-0.05, 0) is 76.6 Å². The molecule has 0 N–H and O–H groups in total. The van der Waals surface area contributed by atoms with Crippen molar-refractivity contribution in [3.8, 4) is 0 Å². The fourth-order valence-corrected chi connectivity index (χ4v) is 6.46. The molecular weight excluding hydrogens is 342 g/mol. The molecule has 0 amide bonds. The Balaban J connectivity index is 1.52. The highest BCUT2D eigenvalue weighted by atomic mass is 32.2. The molecule has 1 aliphatic heterocycles. The summed E-state index contributed by atoms with van der Waals surface area (Å²) in [5, 5.41) is 0. The summed E-state index contributed by atoms with van der Waals surface area (Å²) in [7, 11) is -3.28. The van der Waals surface area contributed by atoms with Gasteiger partial charge in [0, 0.05) is 6.54 Å². The Bertz CT molecular complexity index is 663. The van der Waals surface area contributed by atoms with Crippen molar-refractivity contribution in [1.82, 2.24) is 4.90 Å². The lowest BCUT2D eigenvalue weighted by Gasteiger charge is -2.36. The molecule has 0 aromatic heterocycles. The first-order chi connectivity index (χ1) is 12.4. The fraction of sp³-hybridized carbons (Fsp3) is 0.727. The molecule has 1 saturated heterocycles. The summed E-state index contributed by atoms with van der Waals surface area (Å²) in [6.45, 7) is 7.22. The lowest BCUT2D eigenvalue weighted by atomic mass is 9.84. The first kappa shape index (κ1) is 19.9. The van der Waals surface area contributed by atoms with Gasteiger partial charge in [-0.2, -0.15) is 0 Å². The second-order valence-corrected chi connectivity index (χ2v) is 11.5. The third-order valence-electron chi connectivity index (χ3n) is 6.64. The van der Waals surface area contributed by atoms with Gasteiger partial charge in [-0.3, -0.25) is 0 Å². The van der Waals surface area contributed by atoms with E-state index in [9.17, 15) is 8.42 Å². The Labute approximate surface area is 160 Å². The molecule has 1 heterocycles. The molecule has 3 rings (SSSR count). The van der Waals surface area contributed by atoms with Gasteiger partial charge in [0.2, 0.25) is 0 Å². The smallest absolute Gasteiger partial charge is 0.183 e. The van der Waals surface area contributed by atoms with Crippen LogP contribution in [0.15, 0.2) is 35.2 Å². The summed E-state index contributed by atoms with van der Waals surface area (Å²) in [6.07, 6.45) is 10.1. The predicted octanol–water partition coefficient (Wildman–Crippen LogP) is 4.92. The third-order valence-corrected chi connectivity index (χ3v) is 9.19. The second-order valence-electron chi connectivity index (χ2n) is 8.93. The minimum Gasteiger partial charge on any atom is -0.303 e. The quantitative estimate of drug-likeness (QED) is 0.677. The van der Waals surface area contributed by atoms with Gasteiger partial charge in [-0.25, -0.2) is 8.42 Å². The van der Waals surface area contributed by atoms with E-state index in [4.69, 9.17) is 0 Å². The van der Waals surface area contributed by atoms with E-state index < -0.39 is 14.6 Å². The van der Waals surface area contributed by atoms with Gasteiger partial charge >= 0.3 is 0 Å². The number of nitrogens with zero attached hydrogens (tertiary/aromatic N) is 1. The Hall–Kier alpha value is -0.870. The highest BCUT2D eigenvalue weighted by molar-refractivity contribution is 7.92. The maximum atomic E-state index is 12.9. The van der Waals surface area contributed by atoms with E-state index >= 15 is 0 Å². The van der Waals surface area contributed by atoms with Crippen molar-refractivity contribution in [3.63, 3.8) is 0 Å². The molecule has 1 atom stereocenters. The molecule has 3 nitrogen and oxygen atoms in total. The molecule has 0 radical (unpaired) electrons. The number of sulfone groups is 1. The standard InChI is InChI=1S/C22H35NO2S/c1-22(2,26(24,25)21-13-4-3-5-14-21)15-9-17-23-16-8-12-20(18-23)19-10-6-7-11-19/h3-5,13-14,19-20H,6-12,15-18H2,1-2H3. The Kier molecular flexibility index (Phi) is 6.45. The molecule has 0 bridgehead atoms. The van der Waals surface area contributed by atoms with Crippen LogP contribution in [0, 0.1) is 11.8 Å². The molecule has 0 spiro atoms. The molecule has 1 saturated carbocycles. The molecule has 2 aliphatic rings. The summed E-state index contributed by atoms with van der Waals surface area (Å²) in [4.78, 5) is 3.04. The van der Waals surface area contributed by atoms with Gasteiger partial charge in [0.1, 0.15) is 0 Å². The van der Waals surface area contributed by atoms with Crippen molar-refractivity contribution >= 4 is 9.84 Å². The van der Waals surface area contributed by atoms with Crippen molar-refractivity contribution in [3.05, 3.63) is 30.3 Å². The minimum absolute atomic E-state index is 0.448. The largest absolute Gasteiger partial charge is 0.303 e. The van der Waals surface area contributed by atoms with E-state index in [1.807, 2.05) is 19.9 Å². The van der Waals surface area contributed by atoms with E-state index in [0.717, 1.165) is 31.2 Å². The lowest BCUT2D eigenvalue weighted by Crippen LogP contribution is -2.39. The van der Waals surface area contributed by atoms with Gasteiger partial charge in [-0.15, -0.1) is 0 Å². The average Bonchev–Trinajstić information content (AvgIpc) is 3.17. The third kappa shape index (κ3) is 4.51. The van der Waals surface area contributed by atoms with Crippen LogP contribution in [0.5, 0.6) is 0 Å². The van der Waals surface area contributed by atoms with Crippen LogP contribution in [0.3, 0.4) is 0 Å². The van der Waals surface area contributed by atoms with Crippen LogP contribution in [0.4, 0.5) is 0 Å². The summed E-state index contributed by atoms with van der Waals surface area (Å²) in [5.41, 5.74) is 0. The van der Waals surface area contributed by atoms with Crippen LogP contribution in [0.2, 0.25) is 0 Å². The molecule has 26 heavy (non-hydrogen) atoms. The van der Waals surface area contributed by atoms with E-state index in [-0.39, 0.29) is 0 Å². The van der Waals surface area contributed by atoms with Crippen LogP contribution in [-0.4, -0.2) is 37.7 Å². The lowest BCUT2D eigenvalue weighted by molar-refractivity contribution is 0.133. The van der Waals surface area contributed by atoms with E-state index in [1.54, 1.807) is 24.3 Å². The monoisotopic (exact) mass is 377 g/mol. The van der Waals surface area contributed by atoms with Crippen LogP contribution in [0.1, 0.15) is 65.2 Å². The highest BCUT2D eigenvalue weighted by Gasteiger charge is 2.35. The zero-order valence-corrected chi connectivity index (χ0v) is 17.3. The van der Waals surface area contributed by atoms with E-state index in [0.29, 0.717) is 4.90 Å². The Morgan fingerprint density at radius 1 is 1.00 bits per heavy atom. The molecule has 146 valence electrons. The van der Waals surface area contributed by atoms with E-state index in [2.05, 4.69) is 4.90 Å². The maximum absolute atomic E-state index is 12.9. The van der Waals surface area contributed by atoms with Gasteiger partial charge in [-0.1, -0.05) is 43.9 Å². The van der Waals surface area contributed by atoms with Crippen molar-refractivity contribution in [2.75, 3.05) is 19.6 Å². The van der Waals surface area contributed by atoms with Crippen molar-refractivity contribution in [1.29, 1.82) is 0 Å². The predicted molar refractivity (Wildman–Crippen MR) is 108 cm³/mol. The number of likely N-dealkylation sites (tertiary alicyclic amines) is 1. The van der Waals surface area contributed by atoms with Gasteiger partial charge in [0.25, 0.3) is 0 Å². The number of benzene rings is 1. The summed E-state index contributed by atoms with van der Waals surface area (Å²) in [5.74, 6) is 1.83. The van der Waals surface area contributed by atoms with Gasteiger partial charge in [0.05, 0.1) is 9.64 Å². The number of rotatable bonds is 7. The maximum Gasteiger partial charge on any atom is 0.183 e. The van der Waals surface area contributed by atoms with Crippen molar-refractivity contribution < 1.29 is 8.42 Å². The van der Waals surface area contributed by atoms with Crippen molar-refractivity contribution in [2.45, 2.75) is 74.9 Å². The Morgan fingerprint density at radius 3 is 2.35 bits per heavy atom. The summed E-state index contributed by atoms with van der Waals surface area (Å²) in [6, 6.07) is 8.91.